The van der Waals surface area contributed by atoms with E-state index in [-0.39, 0.29) is 0 Å². The molecule has 1 aromatic carbocycles. The highest BCUT2D eigenvalue weighted by Gasteiger charge is 2.06. The lowest BCUT2D eigenvalue weighted by Crippen LogP contribution is -2.04. The molecule has 0 amide bonds. The summed E-state index contributed by atoms with van der Waals surface area (Å²) in [5, 5.41) is 1.12. The Kier molecular flexibility index (Phi) is 7.02. The molecule has 0 nitrogen and oxygen atoms in total. The third-order valence-electron chi connectivity index (χ3n) is 2.21. The van der Waals surface area contributed by atoms with E-state index in [9.17, 15) is 0 Å². The Morgan fingerprint density at radius 3 is 2.47 bits per heavy atom. The Labute approximate surface area is 113 Å². The Balaban J connectivity index is 2.38. The van der Waals surface area contributed by atoms with Gasteiger partial charge in [0.05, 0.1) is 0 Å². The lowest BCUT2D eigenvalue weighted by atomic mass is 10.1. The van der Waals surface area contributed by atoms with Gasteiger partial charge < -0.3 is 0 Å². The van der Waals surface area contributed by atoms with Crippen molar-refractivity contribution in [2.45, 2.75) is 24.7 Å². The summed E-state index contributed by atoms with van der Waals surface area (Å²) in [5.41, 5.74) is 0. The van der Waals surface area contributed by atoms with Crippen molar-refractivity contribution in [3.63, 3.8) is 0 Å². The predicted octanol–water partition coefficient (Wildman–Crippen LogP) is 5.35. The van der Waals surface area contributed by atoms with Gasteiger partial charge in [0.1, 0.15) is 0 Å². The fourth-order valence-corrected chi connectivity index (χ4v) is 3.52. The number of thioether (sulfide) groups is 1. The van der Waals surface area contributed by atoms with Gasteiger partial charge >= 0.3 is 0 Å². The van der Waals surface area contributed by atoms with Crippen LogP contribution in [0.2, 0.25) is 0 Å². The second-order valence-electron chi connectivity index (χ2n) is 3.57. The number of hydrogen-bond donors (Lipinski definition) is 0. The molecule has 1 unspecified atom stereocenters. The fourth-order valence-electron chi connectivity index (χ4n) is 1.36. The maximum absolute atomic E-state index is 3.58. The smallest absolute Gasteiger partial charge is 0.0176 e. The molecular weight excluding hydrogens is 336 g/mol. The zero-order chi connectivity index (χ0) is 11.1. The van der Waals surface area contributed by atoms with Gasteiger partial charge in [0.2, 0.25) is 0 Å². The topological polar surface area (TPSA) is 0 Å². The third kappa shape index (κ3) is 5.41. The maximum Gasteiger partial charge on any atom is 0.0176 e. The summed E-state index contributed by atoms with van der Waals surface area (Å²) >= 11 is 8.98. The van der Waals surface area contributed by atoms with E-state index in [4.69, 9.17) is 0 Å². The minimum absolute atomic E-state index is 0.795. The number of hydrogen-bond acceptors (Lipinski definition) is 1. The fraction of sp³-hybridized carbons (Fsp3) is 0.500. The average molecular weight is 352 g/mol. The molecule has 0 radical (unpaired) electrons. The first-order valence-electron chi connectivity index (χ1n) is 5.20. The number of benzene rings is 1. The molecule has 0 aliphatic heterocycles. The summed E-state index contributed by atoms with van der Waals surface area (Å²) in [6.07, 6.45) is 2.59. The number of alkyl halides is 1. The Morgan fingerprint density at radius 2 is 1.93 bits per heavy atom. The van der Waals surface area contributed by atoms with Crippen molar-refractivity contribution in [3.05, 3.63) is 28.7 Å². The molecule has 1 atom stereocenters. The summed E-state index contributed by atoms with van der Waals surface area (Å²) < 4.78 is 1.15. The van der Waals surface area contributed by atoms with Crippen LogP contribution in [0.3, 0.4) is 0 Å². The maximum atomic E-state index is 3.58. The molecule has 0 spiro atoms. The normalized spacial score (nSPS) is 12.7. The molecular formula is C12H16Br2S. The second kappa shape index (κ2) is 7.75. The standard InChI is InChI=1S/C12H16Br2S/c1-2-3-10(8-13)9-15-12-6-4-11(14)5-7-12/h4-7,10H,2-3,8-9H2,1H3. The summed E-state index contributed by atoms with van der Waals surface area (Å²) in [6, 6.07) is 8.55. The first kappa shape index (κ1) is 13.6. The van der Waals surface area contributed by atoms with Gasteiger partial charge in [-0.3, -0.25) is 0 Å². The van der Waals surface area contributed by atoms with E-state index < -0.39 is 0 Å². The monoisotopic (exact) mass is 350 g/mol. The van der Waals surface area contributed by atoms with Crippen LogP contribution in [0.15, 0.2) is 33.6 Å². The summed E-state index contributed by atoms with van der Waals surface area (Å²) in [6.45, 7) is 2.25. The molecule has 0 aliphatic carbocycles. The molecule has 3 heteroatoms. The Morgan fingerprint density at radius 1 is 1.27 bits per heavy atom. The van der Waals surface area contributed by atoms with E-state index in [0.717, 1.165) is 15.7 Å². The SMILES string of the molecule is CCCC(CBr)CSc1ccc(Br)cc1. The quantitative estimate of drug-likeness (QED) is 0.491. The molecule has 0 bridgehead atoms. The molecule has 0 aromatic heterocycles. The minimum Gasteiger partial charge on any atom is -0.126 e. The molecule has 15 heavy (non-hydrogen) atoms. The number of rotatable bonds is 6. The molecule has 1 aromatic rings. The average Bonchev–Trinajstić information content (AvgIpc) is 2.26. The Hall–Kier alpha value is 0.530. The van der Waals surface area contributed by atoms with Gasteiger partial charge in [-0.05, 0) is 36.6 Å². The molecule has 0 N–H and O–H groups in total. The van der Waals surface area contributed by atoms with Gasteiger partial charge in [-0.1, -0.05) is 45.2 Å². The molecule has 0 aliphatic rings. The lowest BCUT2D eigenvalue weighted by Gasteiger charge is -2.11. The molecule has 84 valence electrons. The largest absolute Gasteiger partial charge is 0.126 e. The zero-order valence-corrected chi connectivity index (χ0v) is 12.9. The first-order chi connectivity index (χ1) is 7.26. The first-order valence-corrected chi connectivity index (χ1v) is 8.10. The van der Waals surface area contributed by atoms with Gasteiger partial charge in [-0.25, -0.2) is 0 Å². The van der Waals surface area contributed by atoms with Crippen molar-refractivity contribution in [1.82, 2.24) is 0 Å². The van der Waals surface area contributed by atoms with Crippen molar-refractivity contribution < 1.29 is 0 Å². The van der Waals surface area contributed by atoms with Crippen molar-refractivity contribution in [2.75, 3.05) is 11.1 Å². The molecule has 0 fully saturated rings. The highest BCUT2D eigenvalue weighted by atomic mass is 79.9. The van der Waals surface area contributed by atoms with Crippen LogP contribution in [-0.2, 0) is 0 Å². The van der Waals surface area contributed by atoms with Gasteiger partial charge in [-0.15, -0.1) is 11.8 Å². The molecule has 0 heterocycles. The lowest BCUT2D eigenvalue weighted by molar-refractivity contribution is 0.597. The highest BCUT2D eigenvalue weighted by Crippen LogP contribution is 2.25. The van der Waals surface area contributed by atoms with Crippen LogP contribution in [0, 0.1) is 5.92 Å². The van der Waals surface area contributed by atoms with Gasteiger partial charge in [0.15, 0.2) is 0 Å². The van der Waals surface area contributed by atoms with Crippen molar-refractivity contribution in [2.24, 2.45) is 5.92 Å². The summed E-state index contributed by atoms with van der Waals surface area (Å²) in [7, 11) is 0. The number of halogens is 2. The summed E-state index contributed by atoms with van der Waals surface area (Å²) in [5.74, 6) is 2.00. The van der Waals surface area contributed by atoms with Crippen LogP contribution in [0.25, 0.3) is 0 Å². The third-order valence-corrected chi connectivity index (χ3v) is 4.90. The van der Waals surface area contributed by atoms with Crippen LogP contribution in [0.1, 0.15) is 19.8 Å². The van der Waals surface area contributed by atoms with Gasteiger partial charge in [0, 0.05) is 20.5 Å². The van der Waals surface area contributed by atoms with Crippen molar-refractivity contribution in [1.29, 1.82) is 0 Å². The van der Waals surface area contributed by atoms with E-state index in [0.29, 0.717) is 0 Å². The highest BCUT2D eigenvalue weighted by molar-refractivity contribution is 9.10. The van der Waals surface area contributed by atoms with Crippen LogP contribution in [-0.4, -0.2) is 11.1 Å². The minimum atomic E-state index is 0.795. The van der Waals surface area contributed by atoms with Gasteiger partial charge in [0.25, 0.3) is 0 Å². The molecule has 0 saturated carbocycles. The second-order valence-corrected chi connectivity index (χ2v) is 6.23. The Bertz CT molecular complexity index is 271. The van der Waals surface area contributed by atoms with Gasteiger partial charge in [-0.2, -0.15) is 0 Å². The predicted molar refractivity (Wildman–Crippen MR) is 77.1 cm³/mol. The van der Waals surface area contributed by atoms with E-state index >= 15 is 0 Å². The van der Waals surface area contributed by atoms with Crippen LogP contribution in [0.4, 0.5) is 0 Å². The summed E-state index contributed by atoms with van der Waals surface area (Å²) in [4.78, 5) is 1.36. The zero-order valence-electron chi connectivity index (χ0n) is 8.88. The van der Waals surface area contributed by atoms with E-state index in [1.807, 2.05) is 11.8 Å². The van der Waals surface area contributed by atoms with Crippen molar-refractivity contribution in [3.8, 4) is 0 Å². The molecule has 0 saturated heterocycles. The van der Waals surface area contributed by atoms with E-state index in [1.165, 1.54) is 23.5 Å². The van der Waals surface area contributed by atoms with Crippen LogP contribution >= 0.6 is 43.6 Å². The van der Waals surface area contributed by atoms with E-state index in [2.05, 4.69) is 63.0 Å². The van der Waals surface area contributed by atoms with Crippen LogP contribution < -0.4 is 0 Å². The molecule has 1 rings (SSSR count). The van der Waals surface area contributed by atoms with E-state index in [1.54, 1.807) is 0 Å². The van der Waals surface area contributed by atoms with Crippen LogP contribution in [0.5, 0.6) is 0 Å². The van der Waals surface area contributed by atoms with Crippen molar-refractivity contribution >= 4 is 43.6 Å².